The van der Waals surface area contributed by atoms with Gasteiger partial charge in [-0.05, 0) is 46.4 Å². The molecule has 1 aromatic heterocycles. The summed E-state index contributed by atoms with van der Waals surface area (Å²) in [6, 6.07) is 8.78. The van der Waals surface area contributed by atoms with Gasteiger partial charge in [-0.3, -0.25) is 4.79 Å². The molecule has 4 nitrogen and oxygen atoms in total. The Balaban J connectivity index is 2.58. The highest BCUT2D eigenvalue weighted by Gasteiger charge is 2.17. The number of hydrogen-bond donors (Lipinski definition) is 1. The van der Waals surface area contributed by atoms with E-state index in [4.69, 9.17) is 9.15 Å². The molecule has 20 heavy (non-hydrogen) atoms. The molecular weight excluding hydrogens is 371 g/mol. The molecular formula is C15H11IO4. The van der Waals surface area contributed by atoms with E-state index in [1.165, 1.54) is 7.11 Å². The zero-order valence-corrected chi connectivity index (χ0v) is 12.8. The van der Waals surface area contributed by atoms with Crippen LogP contribution in [-0.4, -0.2) is 12.2 Å². The standard InChI is InChI=1S/C15H11IO4/c1-19-15-12-11(6-8(7-17)13(15)16)20-10-5-3-2-4-9(10)14(12)18/h2-6,17H,7H2,1H3. The van der Waals surface area contributed by atoms with Crippen molar-refractivity contribution in [2.45, 2.75) is 6.61 Å². The van der Waals surface area contributed by atoms with E-state index in [0.29, 0.717) is 33.3 Å². The molecule has 1 heterocycles. The topological polar surface area (TPSA) is 59.7 Å². The predicted octanol–water partition coefficient (Wildman–Crippen LogP) is 3.05. The second kappa shape index (κ2) is 5.06. The fourth-order valence-electron chi connectivity index (χ4n) is 2.26. The Hall–Kier alpha value is -1.60. The van der Waals surface area contributed by atoms with Gasteiger partial charge in [-0.25, -0.2) is 0 Å². The van der Waals surface area contributed by atoms with Crippen molar-refractivity contribution in [2.75, 3.05) is 7.11 Å². The molecule has 0 atom stereocenters. The highest BCUT2D eigenvalue weighted by atomic mass is 127. The number of rotatable bonds is 2. The first-order valence-corrected chi connectivity index (χ1v) is 7.07. The van der Waals surface area contributed by atoms with Gasteiger partial charge in [0.1, 0.15) is 22.3 Å². The lowest BCUT2D eigenvalue weighted by atomic mass is 10.1. The quantitative estimate of drug-likeness (QED) is 0.547. The Morgan fingerprint density at radius 1 is 1.30 bits per heavy atom. The van der Waals surface area contributed by atoms with Crippen molar-refractivity contribution in [2.24, 2.45) is 0 Å². The van der Waals surface area contributed by atoms with Gasteiger partial charge >= 0.3 is 0 Å². The van der Waals surface area contributed by atoms with Crippen LogP contribution in [-0.2, 0) is 6.61 Å². The van der Waals surface area contributed by atoms with Crippen LogP contribution in [0.1, 0.15) is 5.56 Å². The number of halogens is 1. The Kier molecular flexibility index (Phi) is 3.39. The minimum absolute atomic E-state index is 0.124. The molecule has 0 aliphatic heterocycles. The number of aliphatic hydroxyl groups excluding tert-OH is 1. The van der Waals surface area contributed by atoms with Crippen LogP contribution in [0, 0.1) is 3.57 Å². The fourth-order valence-corrected chi connectivity index (χ4v) is 3.08. The lowest BCUT2D eigenvalue weighted by Crippen LogP contribution is -2.06. The van der Waals surface area contributed by atoms with Gasteiger partial charge in [-0.1, -0.05) is 12.1 Å². The molecule has 102 valence electrons. The zero-order chi connectivity index (χ0) is 14.3. The summed E-state index contributed by atoms with van der Waals surface area (Å²) in [7, 11) is 1.51. The molecule has 0 radical (unpaired) electrons. The first-order valence-electron chi connectivity index (χ1n) is 5.99. The average Bonchev–Trinajstić information content (AvgIpc) is 2.47. The van der Waals surface area contributed by atoms with Crippen molar-refractivity contribution in [1.29, 1.82) is 0 Å². The maximum atomic E-state index is 12.6. The van der Waals surface area contributed by atoms with Gasteiger partial charge in [0.05, 0.1) is 22.7 Å². The van der Waals surface area contributed by atoms with Crippen LogP contribution in [0.3, 0.4) is 0 Å². The van der Waals surface area contributed by atoms with Crippen LogP contribution in [0.2, 0.25) is 0 Å². The van der Waals surface area contributed by atoms with Crippen molar-refractivity contribution in [3.8, 4) is 5.75 Å². The zero-order valence-electron chi connectivity index (χ0n) is 10.6. The number of benzene rings is 2. The number of aliphatic hydroxyl groups is 1. The molecule has 2 aromatic carbocycles. The molecule has 0 amide bonds. The molecule has 1 N–H and O–H groups in total. The summed E-state index contributed by atoms with van der Waals surface area (Å²) in [5.74, 6) is 0.451. The van der Waals surface area contributed by atoms with Crippen molar-refractivity contribution < 1.29 is 14.3 Å². The molecule has 3 aromatic rings. The maximum absolute atomic E-state index is 12.6. The number of hydrogen-bond acceptors (Lipinski definition) is 4. The average molecular weight is 382 g/mol. The van der Waals surface area contributed by atoms with Crippen LogP contribution in [0.25, 0.3) is 21.9 Å². The minimum Gasteiger partial charge on any atom is -0.495 e. The van der Waals surface area contributed by atoms with Crippen LogP contribution < -0.4 is 10.2 Å². The summed E-state index contributed by atoms with van der Waals surface area (Å²) < 4.78 is 11.8. The van der Waals surface area contributed by atoms with Crippen molar-refractivity contribution in [3.63, 3.8) is 0 Å². The molecule has 3 rings (SSSR count). The molecule has 0 aliphatic carbocycles. The largest absolute Gasteiger partial charge is 0.495 e. The van der Waals surface area contributed by atoms with Crippen LogP contribution in [0.5, 0.6) is 5.75 Å². The number of methoxy groups -OCH3 is 1. The number of ether oxygens (including phenoxy) is 1. The van der Waals surface area contributed by atoms with E-state index >= 15 is 0 Å². The van der Waals surface area contributed by atoms with Crippen LogP contribution in [0.4, 0.5) is 0 Å². The van der Waals surface area contributed by atoms with Gasteiger partial charge in [0.2, 0.25) is 5.43 Å². The van der Waals surface area contributed by atoms with E-state index in [-0.39, 0.29) is 12.0 Å². The van der Waals surface area contributed by atoms with Crippen molar-refractivity contribution in [3.05, 3.63) is 49.7 Å². The first kappa shape index (κ1) is 13.4. The normalized spacial score (nSPS) is 11.2. The van der Waals surface area contributed by atoms with E-state index < -0.39 is 0 Å². The van der Waals surface area contributed by atoms with Crippen molar-refractivity contribution in [1.82, 2.24) is 0 Å². The van der Waals surface area contributed by atoms with Crippen LogP contribution >= 0.6 is 22.6 Å². The third-order valence-electron chi connectivity index (χ3n) is 3.21. The van der Waals surface area contributed by atoms with Gasteiger partial charge < -0.3 is 14.3 Å². The molecule has 0 aliphatic rings. The third kappa shape index (κ3) is 1.89. The summed E-state index contributed by atoms with van der Waals surface area (Å²) in [5, 5.41) is 10.3. The van der Waals surface area contributed by atoms with E-state index in [2.05, 4.69) is 22.6 Å². The first-order chi connectivity index (χ1) is 9.67. The summed E-state index contributed by atoms with van der Waals surface area (Å²) >= 11 is 2.06. The summed E-state index contributed by atoms with van der Waals surface area (Å²) in [6.45, 7) is -0.138. The van der Waals surface area contributed by atoms with Gasteiger partial charge in [0.25, 0.3) is 0 Å². The van der Waals surface area contributed by atoms with E-state index in [1.54, 1.807) is 24.3 Å². The monoisotopic (exact) mass is 382 g/mol. The Morgan fingerprint density at radius 3 is 2.75 bits per heavy atom. The van der Waals surface area contributed by atoms with Crippen LogP contribution in [0.15, 0.2) is 39.5 Å². The lowest BCUT2D eigenvalue weighted by Gasteiger charge is -2.11. The van der Waals surface area contributed by atoms with Crippen molar-refractivity contribution >= 4 is 44.5 Å². The maximum Gasteiger partial charge on any atom is 0.204 e. The molecule has 0 saturated heterocycles. The second-order valence-electron chi connectivity index (χ2n) is 4.34. The van der Waals surface area contributed by atoms with Gasteiger partial charge in [-0.15, -0.1) is 0 Å². The molecule has 0 bridgehead atoms. The SMILES string of the molecule is COc1c(I)c(CO)cc2oc3ccccc3c(=O)c12. The van der Waals surface area contributed by atoms with Gasteiger partial charge in [0.15, 0.2) is 0 Å². The van der Waals surface area contributed by atoms with Gasteiger partial charge in [-0.2, -0.15) is 0 Å². The smallest absolute Gasteiger partial charge is 0.204 e. The summed E-state index contributed by atoms with van der Waals surface area (Å²) in [4.78, 5) is 12.6. The number of para-hydroxylation sites is 1. The minimum atomic E-state index is -0.138. The van der Waals surface area contributed by atoms with E-state index in [9.17, 15) is 9.90 Å². The molecule has 5 heteroatoms. The summed E-state index contributed by atoms with van der Waals surface area (Å²) in [5.41, 5.74) is 1.50. The second-order valence-corrected chi connectivity index (χ2v) is 5.42. The summed E-state index contributed by atoms with van der Waals surface area (Å²) in [6.07, 6.45) is 0. The van der Waals surface area contributed by atoms with Gasteiger partial charge in [0, 0.05) is 0 Å². The Labute approximate surface area is 128 Å². The van der Waals surface area contributed by atoms with E-state index in [0.717, 1.165) is 3.57 Å². The molecule has 0 fully saturated rings. The predicted molar refractivity (Wildman–Crippen MR) is 85.2 cm³/mol. The van der Waals surface area contributed by atoms with E-state index in [1.807, 2.05) is 6.07 Å². The molecule has 0 saturated carbocycles. The lowest BCUT2D eigenvalue weighted by molar-refractivity contribution is 0.280. The highest BCUT2D eigenvalue weighted by molar-refractivity contribution is 14.1. The Morgan fingerprint density at radius 2 is 2.05 bits per heavy atom. The Bertz CT molecular complexity index is 867. The molecule has 0 unspecified atom stereocenters. The third-order valence-corrected chi connectivity index (χ3v) is 4.40. The number of fused-ring (bicyclic) bond motifs is 2. The highest BCUT2D eigenvalue weighted by Crippen LogP contribution is 2.33. The molecule has 0 spiro atoms. The fraction of sp³-hybridized carbons (Fsp3) is 0.133.